The topological polar surface area (TPSA) is 111 Å². The van der Waals surface area contributed by atoms with Crippen LogP contribution in [-0.4, -0.2) is 23.2 Å². The Morgan fingerprint density at radius 2 is 1.96 bits per heavy atom. The van der Waals surface area contributed by atoms with E-state index in [0.29, 0.717) is 30.3 Å². The van der Waals surface area contributed by atoms with Gasteiger partial charge in [-0.3, -0.25) is 9.59 Å². The van der Waals surface area contributed by atoms with Gasteiger partial charge in [-0.2, -0.15) is 5.26 Å². The SMILES string of the molecule is CC(=O)N1Cc2ccc(/C=C(/C#N)C(N)=O)n2Cc2cc3c(cc21)OCO3. The number of nitriles is 1. The number of aromatic nitrogens is 1. The van der Waals surface area contributed by atoms with E-state index in [0.717, 1.165) is 16.9 Å². The van der Waals surface area contributed by atoms with E-state index in [2.05, 4.69) is 0 Å². The minimum Gasteiger partial charge on any atom is -0.454 e. The number of hydrogen-bond donors (Lipinski definition) is 1. The van der Waals surface area contributed by atoms with Gasteiger partial charge in [0.25, 0.3) is 5.91 Å². The largest absolute Gasteiger partial charge is 0.454 e. The van der Waals surface area contributed by atoms with Crippen molar-refractivity contribution in [2.24, 2.45) is 5.73 Å². The van der Waals surface area contributed by atoms with Crippen LogP contribution in [0.4, 0.5) is 5.69 Å². The fourth-order valence-corrected chi connectivity index (χ4v) is 3.34. The lowest BCUT2D eigenvalue weighted by Crippen LogP contribution is -2.27. The van der Waals surface area contributed by atoms with Crippen molar-refractivity contribution in [2.75, 3.05) is 11.7 Å². The lowest BCUT2D eigenvalue weighted by molar-refractivity contribution is -0.116. The van der Waals surface area contributed by atoms with Gasteiger partial charge in [0.05, 0.1) is 18.8 Å². The van der Waals surface area contributed by atoms with Crippen LogP contribution in [-0.2, 0) is 22.7 Å². The van der Waals surface area contributed by atoms with Crippen molar-refractivity contribution in [3.63, 3.8) is 0 Å². The summed E-state index contributed by atoms with van der Waals surface area (Å²) in [5.41, 5.74) is 8.27. The predicted molar refractivity (Wildman–Crippen MR) is 95.7 cm³/mol. The normalized spacial score (nSPS) is 14.8. The average Bonchev–Trinajstić information content (AvgIpc) is 3.19. The molecule has 0 atom stereocenters. The highest BCUT2D eigenvalue weighted by molar-refractivity contribution is 6.00. The molecular weight excluding hydrogens is 348 g/mol. The van der Waals surface area contributed by atoms with Crippen LogP contribution in [0.25, 0.3) is 6.08 Å². The first kappa shape index (κ1) is 16.7. The van der Waals surface area contributed by atoms with Gasteiger partial charge in [-0.25, -0.2) is 0 Å². The average molecular weight is 364 g/mol. The maximum atomic E-state index is 12.3. The van der Waals surface area contributed by atoms with Crippen LogP contribution in [0.15, 0.2) is 29.8 Å². The first-order chi connectivity index (χ1) is 13.0. The number of benzene rings is 1. The summed E-state index contributed by atoms with van der Waals surface area (Å²) >= 11 is 0. The highest BCUT2D eigenvalue weighted by Gasteiger charge is 2.27. The van der Waals surface area contributed by atoms with Crippen LogP contribution in [0, 0.1) is 11.3 Å². The maximum Gasteiger partial charge on any atom is 0.259 e. The molecule has 0 saturated carbocycles. The summed E-state index contributed by atoms with van der Waals surface area (Å²) < 4.78 is 12.9. The van der Waals surface area contributed by atoms with Gasteiger partial charge in [-0.1, -0.05) is 0 Å². The standard InChI is InChI=1S/C19H16N4O4/c1-11(24)22-9-15-3-2-14(4-12(7-20)19(21)25)23(15)8-13-5-17-18(6-16(13)22)27-10-26-17/h2-6H,8-10H2,1H3,(H2,21,25)/b12-4-. The maximum absolute atomic E-state index is 12.3. The zero-order chi connectivity index (χ0) is 19.1. The minimum absolute atomic E-state index is 0.100. The Bertz CT molecular complexity index is 1040. The number of hydrogen-bond acceptors (Lipinski definition) is 5. The number of fused-ring (bicyclic) bond motifs is 3. The second kappa shape index (κ2) is 6.21. The van der Waals surface area contributed by atoms with Crippen LogP contribution in [0.2, 0.25) is 0 Å². The van der Waals surface area contributed by atoms with E-state index in [9.17, 15) is 9.59 Å². The monoisotopic (exact) mass is 364 g/mol. The van der Waals surface area contributed by atoms with Crippen molar-refractivity contribution in [2.45, 2.75) is 20.0 Å². The zero-order valence-corrected chi connectivity index (χ0v) is 14.6. The molecule has 1 aromatic carbocycles. The molecule has 0 saturated heterocycles. The molecule has 0 unspecified atom stereocenters. The molecule has 3 heterocycles. The number of amides is 2. The highest BCUT2D eigenvalue weighted by atomic mass is 16.7. The van der Waals surface area contributed by atoms with Gasteiger partial charge >= 0.3 is 0 Å². The van der Waals surface area contributed by atoms with E-state index in [4.69, 9.17) is 20.5 Å². The van der Waals surface area contributed by atoms with Crippen molar-refractivity contribution >= 4 is 23.6 Å². The number of nitrogens with zero attached hydrogens (tertiary/aromatic N) is 3. The van der Waals surface area contributed by atoms with Gasteiger partial charge in [0.2, 0.25) is 12.7 Å². The van der Waals surface area contributed by atoms with Crippen molar-refractivity contribution in [3.8, 4) is 17.6 Å². The highest BCUT2D eigenvalue weighted by Crippen LogP contribution is 2.40. The van der Waals surface area contributed by atoms with Crippen LogP contribution in [0.5, 0.6) is 11.5 Å². The molecule has 0 aliphatic carbocycles. The summed E-state index contributed by atoms with van der Waals surface area (Å²) in [5.74, 6) is 0.347. The summed E-state index contributed by atoms with van der Waals surface area (Å²) in [5, 5.41) is 9.12. The molecule has 0 spiro atoms. The molecule has 2 aliphatic heterocycles. The van der Waals surface area contributed by atoms with E-state index in [-0.39, 0.29) is 18.3 Å². The third-order valence-corrected chi connectivity index (χ3v) is 4.68. The first-order valence-corrected chi connectivity index (χ1v) is 8.28. The Morgan fingerprint density at radius 1 is 1.22 bits per heavy atom. The summed E-state index contributed by atoms with van der Waals surface area (Å²) in [6.45, 7) is 2.45. The van der Waals surface area contributed by atoms with Crippen LogP contribution >= 0.6 is 0 Å². The number of ether oxygens (including phenoxy) is 2. The van der Waals surface area contributed by atoms with Gasteiger partial charge in [-0.15, -0.1) is 0 Å². The van der Waals surface area contributed by atoms with Crippen LogP contribution < -0.4 is 20.1 Å². The Hall–Kier alpha value is -3.73. The Morgan fingerprint density at radius 3 is 2.63 bits per heavy atom. The molecule has 2 aromatic rings. The van der Waals surface area contributed by atoms with Gasteiger partial charge < -0.3 is 24.7 Å². The second-order valence-electron chi connectivity index (χ2n) is 6.31. The third kappa shape index (κ3) is 2.79. The van der Waals surface area contributed by atoms with Crippen molar-refractivity contribution in [1.29, 1.82) is 5.26 Å². The predicted octanol–water partition coefficient (Wildman–Crippen LogP) is 1.52. The molecule has 4 rings (SSSR count). The summed E-state index contributed by atoms with van der Waals surface area (Å²) in [6.07, 6.45) is 1.46. The second-order valence-corrected chi connectivity index (χ2v) is 6.31. The van der Waals surface area contributed by atoms with Crippen molar-refractivity contribution < 1.29 is 19.1 Å². The molecule has 136 valence electrons. The quantitative estimate of drug-likeness (QED) is 0.642. The number of nitrogens with two attached hydrogens (primary N) is 1. The van der Waals surface area contributed by atoms with E-state index in [1.165, 1.54) is 13.0 Å². The number of carbonyl (C=O) groups is 2. The summed E-state index contributed by atoms with van der Waals surface area (Å²) in [6, 6.07) is 9.14. The molecule has 8 nitrogen and oxygen atoms in total. The Kier molecular flexibility index (Phi) is 3.85. The Labute approximate surface area is 155 Å². The number of primary amides is 1. The van der Waals surface area contributed by atoms with Crippen LogP contribution in [0.3, 0.4) is 0 Å². The summed E-state index contributed by atoms with van der Waals surface area (Å²) in [7, 11) is 0. The number of carbonyl (C=O) groups excluding carboxylic acids is 2. The Balaban J connectivity index is 1.86. The summed E-state index contributed by atoms with van der Waals surface area (Å²) in [4.78, 5) is 25.3. The molecule has 2 amide bonds. The van der Waals surface area contributed by atoms with Gasteiger partial charge in [-0.05, 0) is 29.8 Å². The molecule has 0 bridgehead atoms. The van der Waals surface area contributed by atoms with Gasteiger partial charge in [0.1, 0.15) is 11.6 Å². The molecule has 0 fully saturated rings. The number of rotatable bonds is 2. The number of anilines is 1. The van der Waals surface area contributed by atoms with Gasteiger partial charge in [0, 0.05) is 24.4 Å². The molecule has 2 N–H and O–H groups in total. The first-order valence-electron chi connectivity index (χ1n) is 8.28. The van der Waals surface area contributed by atoms with E-state index >= 15 is 0 Å². The van der Waals surface area contributed by atoms with E-state index < -0.39 is 5.91 Å². The fraction of sp³-hybridized carbons (Fsp3) is 0.211. The smallest absolute Gasteiger partial charge is 0.259 e. The molecular formula is C19H16N4O4. The lowest BCUT2D eigenvalue weighted by atomic mass is 10.1. The van der Waals surface area contributed by atoms with Crippen molar-refractivity contribution in [1.82, 2.24) is 4.57 Å². The molecule has 0 radical (unpaired) electrons. The fourth-order valence-electron chi connectivity index (χ4n) is 3.34. The minimum atomic E-state index is -0.782. The van der Waals surface area contributed by atoms with E-state index in [1.807, 2.05) is 28.8 Å². The molecule has 1 aromatic heterocycles. The zero-order valence-electron chi connectivity index (χ0n) is 14.6. The third-order valence-electron chi connectivity index (χ3n) is 4.68. The molecule has 27 heavy (non-hydrogen) atoms. The van der Waals surface area contributed by atoms with E-state index in [1.54, 1.807) is 11.0 Å². The van der Waals surface area contributed by atoms with Crippen LogP contribution in [0.1, 0.15) is 23.9 Å². The molecule has 8 heteroatoms. The van der Waals surface area contributed by atoms with Gasteiger partial charge in [0.15, 0.2) is 11.5 Å². The van der Waals surface area contributed by atoms with Crippen molar-refractivity contribution in [3.05, 3.63) is 46.8 Å². The lowest BCUT2D eigenvalue weighted by Gasteiger charge is -2.21. The molecule has 2 aliphatic rings.